The topological polar surface area (TPSA) is 117 Å². The van der Waals surface area contributed by atoms with Gasteiger partial charge in [0.1, 0.15) is 0 Å². The Bertz CT molecular complexity index is 714. The number of urea groups is 1. The van der Waals surface area contributed by atoms with Crippen molar-refractivity contribution in [3.8, 4) is 11.5 Å². The van der Waals surface area contributed by atoms with Gasteiger partial charge < -0.3 is 19.9 Å². The van der Waals surface area contributed by atoms with Crippen LogP contribution in [0.15, 0.2) is 18.2 Å². The number of amides is 3. The Labute approximate surface area is 162 Å². The van der Waals surface area contributed by atoms with Gasteiger partial charge in [0.25, 0.3) is 0 Å². The van der Waals surface area contributed by atoms with Gasteiger partial charge >= 0.3 is 12.0 Å². The van der Waals surface area contributed by atoms with Crippen LogP contribution in [-0.2, 0) is 9.59 Å². The Morgan fingerprint density at radius 3 is 2.63 bits per heavy atom. The highest BCUT2D eigenvalue weighted by Crippen LogP contribution is 2.32. The highest BCUT2D eigenvalue weighted by molar-refractivity contribution is 6.01. The number of carboxylic acids is 1. The minimum atomic E-state index is -0.861. The first-order valence-corrected chi connectivity index (χ1v) is 8.47. The normalized spacial score (nSPS) is 18.7. The van der Waals surface area contributed by atoms with Crippen molar-refractivity contribution in [2.75, 3.05) is 38.2 Å². The second-order valence-electron chi connectivity index (χ2n) is 6.27. The summed E-state index contributed by atoms with van der Waals surface area (Å²) in [6.45, 7) is 1.93. The maximum Gasteiger partial charge on any atom is 0.325 e. The van der Waals surface area contributed by atoms with Gasteiger partial charge in [0.2, 0.25) is 5.91 Å². The van der Waals surface area contributed by atoms with Gasteiger partial charge in [-0.25, -0.2) is 4.79 Å². The average Bonchev–Trinajstić information content (AvgIpc) is 2.92. The lowest BCUT2D eigenvalue weighted by Gasteiger charge is -2.15. The molecule has 1 unspecified atom stereocenters. The SMILES string of the molecule is Cl.O=C(CN1CCC(C(=O)O)C1)NC(=O)Nc1ccc2c(c1)OCCCO2. The molecule has 2 heterocycles. The van der Waals surface area contributed by atoms with E-state index in [1.165, 1.54) is 0 Å². The first-order chi connectivity index (χ1) is 12.5. The van der Waals surface area contributed by atoms with E-state index in [0.717, 1.165) is 6.42 Å². The van der Waals surface area contributed by atoms with Gasteiger partial charge in [0, 0.05) is 24.7 Å². The Kier molecular flexibility index (Phi) is 7.26. The molecule has 148 valence electrons. The summed E-state index contributed by atoms with van der Waals surface area (Å²) in [4.78, 5) is 36.6. The van der Waals surface area contributed by atoms with Gasteiger partial charge in [-0.2, -0.15) is 0 Å². The molecule has 1 aromatic carbocycles. The van der Waals surface area contributed by atoms with Crippen molar-refractivity contribution < 1.29 is 29.0 Å². The number of carbonyl (C=O) groups excluding carboxylic acids is 2. The van der Waals surface area contributed by atoms with Gasteiger partial charge in [-0.1, -0.05) is 0 Å². The molecule has 9 nitrogen and oxygen atoms in total. The molecule has 1 saturated heterocycles. The van der Waals surface area contributed by atoms with Crippen LogP contribution in [0.4, 0.5) is 10.5 Å². The monoisotopic (exact) mass is 399 g/mol. The van der Waals surface area contributed by atoms with Crippen LogP contribution in [0.2, 0.25) is 0 Å². The molecule has 2 aliphatic heterocycles. The van der Waals surface area contributed by atoms with Crippen molar-refractivity contribution in [3.63, 3.8) is 0 Å². The van der Waals surface area contributed by atoms with Crippen molar-refractivity contribution in [1.29, 1.82) is 0 Å². The Morgan fingerprint density at radius 1 is 1.19 bits per heavy atom. The number of rotatable bonds is 4. The van der Waals surface area contributed by atoms with Gasteiger partial charge in [-0.3, -0.25) is 19.8 Å². The number of hydrogen-bond donors (Lipinski definition) is 3. The molecule has 10 heteroatoms. The molecule has 1 aromatic rings. The summed E-state index contributed by atoms with van der Waals surface area (Å²) in [6.07, 6.45) is 1.29. The van der Waals surface area contributed by atoms with Crippen molar-refractivity contribution >= 4 is 36.0 Å². The van der Waals surface area contributed by atoms with E-state index in [0.29, 0.717) is 49.9 Å². The van der Waals surface area contributed by atoms with Crippen molar-refractivity contribution in [2.24, 2.45) is 5.92 Å². The maximum atomic E-state index is 12.0. The van der Waals surface area contributed by atoms with E-state index in [9.17, 15) is 14.4 Å². The van der Waals surface area contributed by atoms with Crippen LogP contribution in [0.3, 0.4) is 0 Å². The number of likely N-dealkylation sites (tertiary alicyclic amines) is 1. The molecule has 3 amide bonds. The molecular weight excluding hydrogens is 378 g/mol. The zero-order valence-corrected chi connectivity index (χ0v) is 15.4. The number of benzene rings is 1. The molecule has 0 bridgehead atoms. The van der Waals surface area contributed by atoms with E-state index < -0.39 is 23.8 Å². The number of nitrogens with zero attached hydrogens (tertiary/aromatic N) is 1. The molecule has 0 saturated carbocycles. The van der Waals surface area contributed by atoms with E-state index >= 15 is 0 Å². The molecule has 0 spiro atoms. The standard InChI is InChI=1S/C17H21N3O6.ClH/c21-15(10-20-5-4-11(9-20)16(22)23)19-17(24)18-12-2-3-13-14(8-12)26-7-1-6-25-13;/h2-3,8,11H,1,4-7,9-10H2,(H,22,23)(H2,18,19,21,24);1H. The van der Waals surface area contributed by atoms with Gasteiger partial charge in [-0.05, 0) is 25.1 Å². The van der Waals surface area contributed by atoms with Crippen molar-refractivity contribution in [3.05, 3.63) is 18.2 Å². The molecule has 1 atom stereocenters. The number of anilines is 1. The van der Waals surface area contributed by atoms with E-state index in [4.69, 9.17) is 14.6 Å². The van der Waals surface area contributed by atoms with E-state index in [2.05, 4.69) is 10.6 Å². The number of carboxylic acid groups (broad SMARTS) is 1. The maximum absolute atomic E-state index is 12.0. The molecular formula is C17H22ClN3O6. The highest BCUT2D eigenvalue weighted by Gasteiger charge is 2.29. The number of aliphatic carboxylic acids is 1. The van der Waals surface area contributed by atoms with Crippen LogP contribution in [0.25, 0.3) is 0 Å². The number of imide groups is 1. The number of fused-ring (bicyclic) bond motifs is 1. The summed E-state index contributed by atoms with van der Waals surface area (Å²) < 4.78 is 11.1. The van der Waals surface area contributed by atoms with Crippen molar-refractivity contribution in [1.82, 2.24) is 10.2 Å². The molecule has 0 radical (unpaired) electrons. The zero-order chi connectivity index (χ0) is 18.5. The number of carbonyl (C=O) groups is 3. The summed E-state index contributed by atoms with van der Waals surface area (Å²) in [5.41, 5.74) is 0.478. The zero-order valence-electron chi connectivity index (χ0n) is 14.6. The van der Waals surface area contributed by atoms with Crippen LogP contribution >= 0.6 is 12.4 Å². The third-order valence-electron chi connectivity index (χ3n) is 4.25. The average molecular weight is 400 g/mol. The minimum absolute atomic E-state index is 0. The lowest BCUT2D eigenvalue weighted by Crippen LogP contribution is -2.41. The lowest BCUT2D eigenvalue weighted by atomic mass is 10.1. The highest BCUT2D eigenvalue weighted by atomic mass is 35.5. The number of nitrogens with one attached hydrogen (secondary N) is 2. The third-order valence-corrected chi connectivity index (χ3v) is 4.25. The molecule has 27 heavy (non-hydrogen) atoms. The molecule has 3 rings (SSSR count). The Balaban J connectivity index is 0.00000261. The summed E-state index contributed by atoms with van der Waals surface area (Å²) in [5.74, 6) is -0.642. The quantitative estimate of drug-likeness (QED) is 0.699. The minimum Gasteiger partial charge on any atom is -0.490 e. The fraction of sp³-hybridized carbons (Fsp3) is 0.471. The third kappa shape index (κ3) is 5.73. The number of halogens is 1. The predicted octanol–water partition coefficient (Wildman–Crippen LogP) is 1.32. The summed E-state index contributed by atoms with van der Waals surface area (Å²) in [7, 11) is 0. The predicted molar refractivity (Wildman–Crippen MR) is 98.6 cm³/mol. The van der Waals surface area contributed by atoms with E-state index in [-0.39, 0.29) is 19.0 Å². The fourth-order valence-corrected chi connectivity index (χ4v) is 2.95. The number of ether oxygens (including phenoxy) is 2. The Hall–Kier alpha value is -2.52. The molecule has 0 aromatic heterocycles. The number of hydrogen-bond acceptors (Lipinski definition) is 6. The van der Waals surface area contributed by atoms with Crippen LogP contribution in [-0.4, -0.2) is 60.8 Å². The first kappa shape index (κ1) is 20.8. The lowest BCUT2D eigenvalue weighted by molar-refractivity contribution is -0.141. The van der Waals surface area contributed by atoms with Gasteiger partial charge in [0.05, 0.1) is 25.7 Å². The van der Waals surface area contributed by atoms with E-state index in [1.807, 2.05) is 0 Å². The largest absolute Gasteiger partial charge is 0.490 e. The summed E-state index contributed by atoms with van der Waals surface area (Å²) >= 11 is 0. The van der Waals surface area contributed by atoms with E-state index in [1.54, 1.807) is 23.1 Å². The fourth-order valence-electron chi connectivity index (χ4n) is 2.95. The first-order valence-electron chi connectivity index (χ1n) is 8.47. The molecule has 0 aliphatic carbocycles. The second kappa shape index (κ2) is 9.43. The van der Waals surface area contributed by atoms with Gasteiger partial charge in [-0.15, -0.1) is 12.4 Å². The molecule has 2 aliphatic rings. The Morgan fingerprint density at radius 2 is 1.93 bits per heavy atom. The second-order valence-corrected chi connectivity index (χ2v) is 6.27. The van der Waals surface area contributed by atoms with Crippen molar-refractivity contribution in [2.45, 2.75) is 12.8 Å². The van der Waals surface area contributed by atoms with Crippen LogP contribution < -0.4 is 20.1 Å². The smallest absolute Gasteiger partial charge is 0.325 e. The molecule has 3 N–H and O–H groups in total. The van der Waals surface area contributed by atoms with Gasteiger partial charge in [0.15, 0.2) is 11.5 Å². The van der Waals surface area contributed by atoms with Crippen LogP contribution in [0.1, 0.15) is 12.8 Å². The molecule has 1 fully saturated rings. The summed E-state index contributed by atoms with van der Waals surface area (Å²) in [5, 5.41) is 13.8. The summed E-state index contributed by atoms with van der Waals surface area (Å²) in [6, 6.07) is 4.35. The van der Waals surface area contributed by atoms with Crippen LogP contribution in [0.5, 0.6) is 11.5 Å². The van der Waals surface area contributed by atoms with Crippen LogP contribution in [0, 0.1) is 5.92 Å².